The van der Waals surface area contributed by atoms with Crippen molar-refractivity contribution in [3.63, 3.8) is 0 Å². The second-order valence-electron chi connectivity index (χ2n) is 2.84. The SMILES string of the molecule is C/C=C/P(=O)(OCC)Oc1ccccc1. The Morgan fingerprint density at radius 2 is 2.00 bits per heavy atom. The molecule has 15 heavy (non-hydrogen) atoms. The van der Waals surface area contributed by atoms with Crippen molar-refractivity contribution < 1.29 is 13.6 Å². The Labute approximate surface area is 90.3 Å². The molecule has 1 rings (SSSR count). The van der Waals surface area contributed by atoms with E-state index in [1.54, 1.807) is 32.1 Å². The second-order valence-corrected chi connectivity index (χ2v) is 4.66. The van der Waals surface area contributed by atoms with E-state index in [1.807, 2.05) is 18.2 Å². The van der Waals surface area contributed by atoms with Crippen molar-refractivity contribution in [3.8, 4) is 5.75 Å². The van der Waals surface area contributed by atoms with Gasteiger partial charge in [-0.1, -0.05) is 24.3 Å². The first-order valence-electron chi connectivity index (χ1n) is 4.83. The van der Waals surface area contributed by atoms with E-state index in [9.17, 15) is 4.57 Å². The molecular formula is C11H15O3P. The molecule has 82 valence electrons. The van der Waals surface area contributed by atoms with E-state index in [0.717, 1.165) is 0 Å². The molecule has 1 aromatic carbocycles. The highest BCUT2D eigenvalue weighted by atomic mass is 31.2. The number of hydrogen-bond acceptors (Lipinski definition) is 3. The van der Waals surface area contributed by atoms with Crippen LogP contribution in [0.15, 0.2) is 42.2 Å². The first-order valence-corrected chi connectivity index (χ1v) is 6.44. The highest BCUT2D eigenvalue weighted by Gasteiger charge is 2.20. The third-order valence-corrected chi connectivity index (χ3v) is 3.36. The zero-order valence-corrected chi connectivity index (χ0v) is 9.81. The summed E-state index contributed by atoms with van der Waals surface area (Å²) in [4.78, 5) is 0. The average molecular weight is 226 g/mol. The van der Waals surface area contributed by atoms with Crippen LogP contribution in [0.25, 0.3) is 0 Å². The summed E-state index contributed by atoms with van der Waals surface area (Å²) in [5.41, 5.74) is 0. The maximum absolute atomic E-state index is 12.1. The second kappa shape index (κ2) is 5.74. The fraction of sp³-hybridized carbons (Fsp3) is 0.273. The van der Waals surface area contributed by atoms with Crippen molar-refractivity contribution in [2.75, 3.05) is 6.61 Å². The highest BCUT2D eigenvalue weighted by molar-refractivity contribution is 7.57. The van der Waals surface area contributed by atoms with Crippen LogP contribution in [0.2, 0.25) is 0 Å². The largest absolute Gasteiger partial charge is 0.422 e. The van der Waals surface area contributed by atoms with Crippen LogP contribution < -0.4 is 4.52 Å². The quantitative estimate of drug-likeness (QED) is 0.716. The Balaban J connectivity index is 2.80. The molecule has 0 aliphatic carbocycles. The zero-order valence-electron chi connectivity index (χ0n) is 8.92. The Bertz CT molecular complexity index is 359. The molecule has 0 bridgehead atoms. The fourth-order valence-corrected chi connectivity index (χ4v) is 2.43. The summed E-state index contributed by atoms with van der Waals surface area (Å²) >= 11 is 0. The summed E-state index contributed by atoms with van der Waals surface area (Å²) in [5, 5.41) is 0. The minimum atomic E-state index is -3.12. The van der Waals surface area contributed by atoms with Gasteiger partial charge in [-0.05, 0) is 26.0 Å². The van der Waals surface area contributed by atoms with Crippen LogP contribution >= 0.6 is 7.60 Å². The molecule has 0 saturated carbocycles. The molecule has 0 heterocycles. The number of para-hydroxylation sites is 1. The van der Waals surface area contributed by atoms with Crippen LogP contribution in [0.1, 0.15) is 13.8 Å². The van der Waals surface area contributed by atoms with Gasteiger partial charge in [-0.25, -0.2) is 4.57 Å². The predicted octanol–water partition coefficient (Wildman–Crippen LogP) is 3.83. The molecule has 0 fully saturated rings. The summed E-state index contributed by atoms with van der Waals surface area (Å²) in [6.45, 7) is 3.92. The summed E-state index contributed by atoms with van der Waals surface area (Å²) in [7, 11) is -3.12. The molecule has 4 heteroatoms. The monoisotopic (exact) mass is 226 g/mol. The molecule has 3 nitrogen and oxygen atoms in total. The van der Waals surface area contributed by atoms with Crippen molar-refractivity contribution in [3.05, 3.63) is 42.2 Å². The molecule has 1 unspecified atom stereocenters. The van der Waals surface area contributed by atoms with Gasteiger partial charge >= 0.3 is 7.60 Å². The molecule has 1 atom stereocenters. The van der Waals surface area contributed by atoms with E-state index in [2.05, 4.69) is 0 Å². The van der Waals surface area contributed by atoms with Crippen LogP contribution in [0.4, 0.5) is 0 Å². The van der Waals surface area contributed by atoms with Gasteiger partial charge in [0.25, 0.3) is 0 Å². The molecule has 0 radical (unpaired) electrons. The van der Waals surface area contributed by atoms with Gasteiger partial charge in [-0.3, -0.25) is 4.52 Å². The fourth-order valence-electron chi connectivity index (χ4n) is 1.09. The van der Waals surface area contributed by atoms with E-state index in [4.69, 9.17) is 9.05 Å². The van der Waals surface area contributed by atoms with E-state index in [0.29, 0.717) is 12.4 Å². The first kappa shape index (κ1) is 12.0. The molecule has 0 aromatic heterocycles. The van der Waals surface area contributed by atoms with Gasteiger partial charge in [0.05, 0.1) is 6.61 Å². The lowest BCUT2D eigenvalue weighted by atomic mass is 10.3. The first-order chi connectivity index (χ1) is 7.20. The van der Waals surface area contributed by atoms with Crippen LogP contribution in [0, 0.1) is 0 Å². The minimum absolute atomic E-state index is 0.356. The Hall–Kier alpha value is -1.05. The third kappa shape index (κ3) is 3.90. The van der Waals surface area contributed by atoms with Gasteiger partial charge in [0.2, 0.25) is 0 Å². The Kier molecular flexibility index (Phi) is 4.60. The van der Waals surface area contributed by atoms with Gasteiger partial charge in [0, 0.05) is 5.82 Å². The van der Waals surface area contributed by atoms with E-state index >= 15 is 0 Å². The molecule has 0 N–H and O–H groups in total. The lowest BCUT2D eigenvalue weighted by Gasteiger charge is -2.14. The van der Waals surface area contributed by atoms with Crippen molar-refractivity contribution >= 4 is 7.60 Å². The highest BCUT2D eigenvalue weighted by Crippen LogP contribution is 2.49. The van der Waals surface area contributed by atoms with Gasteiger partial charge < -0.3 is 4.52 Å². The average Bonchev–Trinajstić information content (AvgIpc) is 2.19. The molecule has 1 aromatic rings. The molecule has 0 spiro atoms. The maximum atomic E-state index is 12.1. The molecule has 0 amide bonds. The standard InChI is InChI=1S/C11H15O3P/c1-3-10-15(12,13-4-2)14-11-8-6-5-7-9-11/h3,5-10H,4H2,1-2H3/b10-3+. The van der Waals surface area contributed by atoms with Crippen molar-refractivity contribution in [2.45, 2.75) is 13.8 Å². The van der Waals surface area contributed by atoms with Gasteiger partial charge in [0.15, 0.2) is 0 Å². The summed E-state index contributed by atoms with van der Waals surface area (Å²) in [6.07, 6.45) is 1.67. The number of allylic oxidation sites excluding steroid dienone is 1. The molecule has 0 aliphatic rings. The van der Waals surface area contributed by atoms with Gasteiger partial charge in [-0.2, -0.15) is 0 Å². The number of rotatable bonds is 5. The molecule has 0 saturated heterocycles. The topological polar surface area (TPSA) is 35.5 Å². The van der Waals surface area contributed by atoms with Gasteiger partial charge in [-0.15, -0.1) is 0 Å². The van der Waals surface area contributed by atoms with Crippen LogP contribution in [-0.4, -0.2) is 6.61 Å². The minimum Gasteiger partial charge on any atom is -0.422 e. The van der Waals surface area contributed by atoms with E-state index in [-0.39, 0.29) is 0 Å². The summed E-state index contributed by atoms with van der Waals surface area (Å²) < 4.78 is 22.5. The molecule has 0 aliphatic heterocycles. The Morgan fingerprint density at radius 3 is 2.53 bits per heavy atom. The van der Waals surface area contributed by atoms with E-state index in [1.165, 1.54) is 5.82 Å². The third-order valence-electron chi connectivity index (χ3n) is 1.62. The van der Waals surface area contributed by atoms with E-state index < -0.39 is 7.60 Å². The normalized spacial score (nSPS) is 15.1. The van der Waals surface area contributed by atoms with Crippen LogP contribution in [0.5, 0.6) is 5.75 Å². The van der Waals surface area contributed by atoms with Crippen LogP contribution in [-0.2, 0) is 9.09 Å². The lowest BCUT2D eigenvalue weighted by molar-refractivity contribution is 0.288. The lowest BCUT2D eigenvalue weighted by Crippen LogP contribution is -1.95. The van der Waals surface area contributed by atoms with Crippen LogP contribution in [0.3, 0.4) is 0 Å². The Morgan fingerprint density at radius 1 is 1.33 bits per heavy atom. The predicted molar refractivity (Wildman–Crippen MR) is 61.1 cm³/mol. The van der Waals surface area contributed by atoms with Crippen molar-refractivity contribution in [1.82, 2.24) is 0 Å². The van der Waals surface area contributed by atoms with Gasteiger partial charge in [0.1, 0.15) is 5.75 Å². The summed E-state index contributed by atoms with van der Waals surface area (Å²) in [6, 6.07) is 9.00. The summed E-state index contributed by atoms with van der Waals surface area (Å²) in [5.74, 6) is 2.01. The molecular weight excluding hydrogens is 211 g/mol. The number of hydrogen-bond donors (Lipinski definition) is 0. The smallest absolute Gasteiger partial charge is 0.403 e. The zero-order chi connectivity index (χ0) is 11.1. The maximum Gasteiger partial charge on any atom is 0.403 e. The van der Waals surface area contributed by atoms with Crippen molar-refractivity contribution in [2.24, 2.45) is 0 Å². The number of benzene rings is 1. The van der Waals surface area contributed by atoms with Crippen molar-refractivity contribution in [1.29, 1.82) is 0 Å².